The summed E-state index contributed by atoms with van der Waals surface area (Å²) in [5, 5.41) is 0. The minimum absolute atomic E-state index is 0.0660. The Hall–Kier alpha value is -1.78. The van der Waals surface area contributed by atoms with Gasteiger partial charge in [-0.25, -0.2) is 0 Å². The first-order valence-corrected chi connectivity index (χ1v) is 7.47. The van der Waals surface area contributed by atoms with Crippen LogP contribution in [0.15, 0.2) is 36.9 Å². The zero-order valence-electron chi connectivity index (χ0n) is 12.4. The Labute approximate surface area is 128 Å². The number of halogens is 3. The summed E-state index contributed by atoms with van der Waals surface area (Å²) in [4.78, 5) is 13.4. The second-order valence-corrected chi connectivity index (χ2v) is 5.73. The van der Waals surface area contributed by atoms with Crippen LogP contribution in [0.5, 0.6) is 0 Å². The van der Waals surface area contributed by atoms with E-state index in [0.717, 1.165) is 31.9 Å². The molecule has 1 unspecified atom stereocenters. The second kappa shape index (κ2) is 6.99. The van der Waals surface area contributed by atoms with Crippen molar-refractivity contribution in [2.75, 3.05) is 13.1 Å². The summed E-state index contributed by atoms with van der Waals surface area (Å²) >= 11 is 0. The van der Waals surface area contributed by atoms with Crippen LogP contribution in [0.2, 0.25) is 0 Å². The van der Waals surface area contributed by atoms with Crippen LogP contribution in [-0.4, -0.2) is 23.9 Å². The predicted molar refractivity (Wildman–Crippen MR) is 79.3 cm³/mol. The average Bonchev–Trinajstić information content (AvgIpc) is 2.52. The lowest BCUT2D eigenvalue weighted by atomic mass is 9.91. The van der Waals surface area contributed by atoms with Crippen molar-refractivity contribution in [3.63, 3.8) is 0 Å². The fourth-order valence-electron chi connectivity index (χ4n) is 2.90. The van der Waals surface area contributed by atoms with Gasteiger partial charge in [0.2, 0.25) is 5.91 Å². The highest BCUT2D eigenvalue weighted by Crippen LogP contribution is 2.30. The lowest BCUT2D eigenvalue weighted by Gasteiger charge is -2.32. The number of piperidine rings is 1. The molecular weight excluding hydrogens is 291 g/mol. The molecule has 1 heterocycles. The van der Waals surface area contributed by atoms with Crippen LogP contribution in [0.4, 0.5) is 13.2 Å². The Balaban J connectivity index is 1.93. The van der Waals surface area contributed by atoms with Gasteiger partial charge in [0.15, 0.2) is 0 Å². The second-order valence-electron chi connectivity index (χ2n) is 5.73. The molecule has 0 bridgehead atoms. The standard InChI is InChI=1S/C17H20F3NO/c1-2-16(22)21-10-4-6-14(12-21)9-8-13-5-3-7-15(11-13)17(18,19)20/h2-3,5,7,11,14H,1,4,6,8-10,12H2. The van der Waals surface area contributed by atoms with Crippen molar-refractivity contribution in [3.05, 3.63) is 48.0 Å². The molecule has 2 nitrogen and oxygen atoms in total. The smallest absolute Gasteiger partial charge is 0.339 e. The Kier molecular flexibility index (Phi) is 5.27. The maximum atomic E-state index is 12.7. The van der Waals surface area contributed by atoms with Crippen LogP contribution in [0, 0.1) is 5.92 Å². The summed E-state index contributed by atoms with van der Waals surface area (Å²) in [6.07, 6.45) is 0.364. The number of carbonyl (C=O) groups is 1. The van der Waals surface area contributed by atoms with Crippen LogP contribution < -0.4 is 0 Å². The van der Waals surface area contributed by atoms with Crippen molar-refractivity contribution >= 4 is 5.91 Å². The third-order valence-electron chi connectivity index (χ3n) is 4.10. The molecule has 1 atom stereocenters. The van der Waals surface area contributed by atoms with Crippen LogP contribution in [-0.2, 0) is 17.4 Å². The van der Waals surface area contributed by atoms with Crippen LogP contribution >= 0.6 is 0 Å². The summed E-state index contributed by atoms with van der Waals surface area (Å²) in [6.45, 7) is 4.90. The molecule has 1 fully saturated rings. The molecule has 0 aliphatic carbocycles. The Morgan fingerprint density at radius 3 is 2.86 bits per heavy atom. The number of rotatable bonds is 4. The van der Waals surface area contributed by atoms with Crippen molar-refractivity contribution in [1.29, 1.82) is 0 Å². The van der Waals surface area contributed by atoms with E-state index < -0.39 is 11.7 Å². The lowest BCUT2D eigenvalue weighted by Crippen LogP contribution is -2.39. The highest BCUT2D eigenvalue weighted by molar-refractivity contribution is 5.87. The summed E-state index contributed by atoms with van der Waals surface area (Å²) in [5.74, 6) is 0.274. The number of hydrogen-bond acceptors (Lipinski definition) is 1. The van der Waals surface area contributed by atoms with Gasteiger partial charge >= 0.3 is 6.18 Å². The summed E-state index contributed by atoms with van der Waals surface area (Å²) in [5.41, 5.74) is 0.0964. The fourth-order valence-corrected chi connectivity index (χ4v) is 2.90. The summed E-state index contributed by atoms with van der Waals surface area (Å²) in [6, 6.07) is 5.49. The van der Waals surface area contributed by atoms with Crippen molar-refractivity contribution in [2.24, 2.45) is 5.92 Å². The highest BCUT2D eigenvalue weighted by atomic mass is 19.4. The first-order valence-electron chi connectivity index (χ1n) is 7.47. The van der Waals surface area contributed by atoms with Crippen molar-refractivity contribution in [1.82, 2.24) is 4.90 Å². The van der Waals surface area contributed by atoms with Gasteiger partial charge in [-0.3, -0.25) is 4.79 Å². The highest BCUT2D eigenvalue weighted by Gasteiger charge is 2.30. The maximum absolute atomic E-state index is 12.7. The fraction of sp³-hybridized carbons (Fsp3) is 0.471. The minimum Gasteiger partial charge on any atom is -0.339 e. The van der Waals surface area contributed by atoms with Crippen molar-refractivity contribution in [3.8, 4) is 0 Å². The SMILES string of the molecule is C=CC(=O)N1CCCC(CCc2cccc(C(F)(F)F)c2)C1. The van der Waals surface area contributed by atoms with E-state index in [-0.39, 0.29) is 5.91 Å². The van der Waals surface area contributed by atoms with Gasteiger partial charge in [-0.15, -0.1) is 0 Å². The molecule has 1 amide bonds. The molecule has 2 rings (SSSR count). The third kappa shape index (κ3) is 4.36. The lowest BCUT2D eigenvalue weighted by molar-refractivity contribution is -0.137. The molecule has 0 N–H and O–H groups in total. The maximum Gasteiger partial charge on any atom is 0.416 e. The molecule has 1 aromatic rings. The molecule has 1 aliphatic rings. The zero-order chi connectivity index (χ0) is 16.2. The van der Waals surface area contributed by atoms with Crippen molar-refractivity contribution in [2.45, 2.75) is 31.9 Å². The van der Waals surface area contributed by atoms with E-state index >= 15 is 0 Å². The molecule has 0 radical (unpaired) electrons. The molecule has 1 saturated heterocycles. The number of likely N-dealkylation sites (tertiary alicyclic amines) is 1. The van der Waals surface area contributed by atoms with E-state index in [1.807, 2.05) is 0 Å². The van der Waals surface area contributed by atoms with E-state index in [1.165, 1.54) is 18.2 Å². The normalized spacial score (nSPS) is 19.0. The van der Waals surface area contributed by atoms with Crippen LogP contribution in [0.3, 0.4) is 0 Å². The molecule has 22 heavy (non-hydrogen) atoms. The number of nitrogens with zero attached hydrogens (tertiary/aromatic N) is 1. The predicted octanol–water partition coefficient (Wildman–Crippen LogP) is 4.06. The molecule has 5 heteroatoms. The zero-order valence-corrected chi connectivity index (χ0v) is 12.4. The number of benzene rings is 1. The van der Waals surface area contributed by atoms with Gasteiger partial charge in [0.05, 0.1) is 5.56 Å². The van der Waals surface area contributed by atoms with Gasteiger partial charge in [-0.1, -0.05) is 24.8 Å². The number of hydrogen-bond donors (Lipinski definition) is 0. The van der Waals surface area contributed by atoms with Gasteiger partial charge < -0.3 is 4.90 Å². The number of alkyl halides is 3. The Morgan fingerprint density at radius 1 is 1.41 bits per heavy atom. The molecule has 120 valence electrons. The van der Waals surface area contributed by atoms with E-state index in [0.29, 0.717) is 24.4 Å². The average molecular weight is 311 g/mol. The third-order valence-corrected chi connectivity index (χ3v) is 4.10. The quantitative estimate of drug-likeness (QED) is 0.768. The Bertz CT molecular complexity index is 539. The van der Waals surface area contributed by atoms with Gasteiger partial charge in [-0.05, 0) is 49.3 Å². The first-order chi connectivity index (χ1) is 10.4. The van der Waals surface area contributed by atoms with Gasteiger partial charge in [-0.2, -0.15) is 13.2 Å². The first kappa shape index (κ1) is 16.6. The van der Waals surface area contributed by atoms with Gasteiger partial charge in [0.1, 0.15) is 0 Å². The van der Waals surface area contributed by atoms with Crippen LogP contribution in [0.25, 0.3) is 0 Å². The van der Waals surface area contributed by atoms with E-state index in [1.54, 1.807) is 11.0 Å². The minimum atomic E-state index is -4.30. The summed E-state index contributed by atoms with van der Waals surface area (Å²) < 4.78 is 38.1. The largest absolute Gasteiger partial charge is 0.416 e. The summed E-state index contributed by atoms with van der Waals surface area (Å²) in [7, 11) is 0. The molecular formula is C17H20F3NO. The number of carbonyl (C=O) groups excluding carboxylic acids is 1. The Morgan fingerprint density at radius 2 is 2.18 bits per heavy atom. The van der Waals surface area contributed by atoms with Crippen LogP contribution in [0.1, 0.15) is 30.4 Å². The van der Waals surface area contributed by atoms with E-state index in [4.69, 9.17) is 0 Å². The monoisotopic (exact) mass is 311 g/mol. The molecule has 1 aliphatic heterocycles. The van der Waals surface area contributed by atoms with E-state index in [9.17, 15) is 18.0 Å². The number of aryl methyl sites for hydroxylation is 1. The number of amides is 1. The molecule has 0 spiro atoms. The topological polar surface area (TPSA) is 20.3 Å². The van der Waals surface area contributed by atoms with Crippen molar-refractivity contribution < 1.29 is 18.0 Å². The molecule has 1 aromatic carbocycles. The van der Waals surface area contributed by atoms with Gasteiger partial charge in [0, 0.05) is 13.1 Å². The molecule has 0 aromatic heterocycles. The molecule has 0 saturated carbocycles. The van der Waals surface area contributed by atoms with E-state index in [2.05, 4.69) is 6.58 Å². The van der Waals surface area contributed by atoms with Gasteiger partial charge in [0.25, 0.3) is 0 Å².